The highest BCUT2D eigenvalue weighted by Gasteiger charge is 2.28. The zero-order valence-corrected chi connectivity index (χ0v) is 12.4. The molecule has 2 aromatic heterocycles. The molecule has 0 bridgehead atoms. The number of rotatable bonds is 5. The number of nitrogens with one attached hydrogen (secondary N) is 2. The van der Waals surface area contributed by atoms with E-state index in [9.17, 15) is 0 Å². The van der Waals surface area contributed by atoms with Crippen LogP contribution in [-0.4, -0.2) is 43.3 Å². The monoisotopic (exact) mass is 288 g/mol. The summed E-state index contributed by atoms with van der Waals surface area (Å²) in [7, 11) is 1.78. The maximum atomic E-state index is 4.40. The minimum absolute atomic E-state index is 0.333. The molecule has 112 valence electrons. The molecule has 1 fully saturated rings. The van der Waals surface area contributed by atoms with Crippen LogP contribution in [0.1, 0.15) is 32.6 Å². The van der Waals surface area contributed by atoms with Crippen molar-refractivity contribution in [1.82, 2.24) is 29.7 Å². The Hall–Kier alpha value is -2.25. The molecule has 0 unspecified atom stereocenters. The zero-order chi connectivity index (χ0) is 14.7. The molecule has 8 heteroatoms. The second kappa shape index (κ2) is 5.63. The van der Waals surface area contributed by atoms with Gasteiger partial charge in [-0.3, -0.25) is 0 Å². The van der Waals surface area contributed by atoms with Gasteiger partial charge in [0.05, 0.1) is 0 Å². The second-order valence-electron chi connectivity index (χ2n) is 5.74. The average Bonchev–Trinajstić information content (AvgIpc) is 3.17. The van der Waals surface area contributed by atoms with Gasteiger partial charge in [-0.25, -0.2) is 4.98 Å². The van der Waals surface area contributed by atoms with Gasteiger partial charge in [0, 0.05) is 13.6 Å². The van der Waals surface area contributed by atoms with Crippen molar-refractivity contribution in [2.24, 2.45) is 5.41 Å². The minimum Gasteiger partial charge on any atom is -0.357 e. The average molecular weight is 288 g/mol. The van der Waals surface area contributed by atoms with Crippen molar-refractivity contribution in [2.45, 2.75) is 32.6 Å². The van der Waals surface area contributed by atoms with Gasteiger partial charge in [0.25, 0.3) is 5.95 Å². The summed E-state index contributed by atoms with van der Waals surface area (Å²) >= 11 is 0. The molecular formula is C13H20N8. The van der Waals surface area contributed by atoms with Crippen LogP contribution in [0.15, 0.2) is 12.7 Å². The van der Waals surface area contributed by atoms with Gasteiger partial charge in [-0.2, -0.15) is 24.7 Å². The van der Waals surface area contributed by atoms with Crippen LogP contribution in [0.4, 0.5) is 11.9 Å². The van der Waals surface area contributed by atoms with Crippen molar-refractivity contribution in [3.8, 4) is 5.95 Å². The Morgan fingerprint density at radius 1 is 1.19 bits per heavy atom. The van der Waals surface area contributed by atoms with E-state index in [1.165, 1.54) is 36.7 Å². The third kappa shape index (κ3) is 3.09. The fourth-order valence-electron chi connectivity index (χ4n) is 2.67. The van der Waals surface area contributed by atoms with Crippen molar-refractivity contribution >= 4 is 11.9 Å². The molecule has 2 heterocycles. The van der Waals surface area contributed by atoms with Crippen molar-refractivity contribution in [3.05, 3.63) is 12.7 Å². The highest BCUT2D eigenvalue weighted by Crippen LogP contribution is 2.37. The molecule has 0 atom stereocenters. The van der Waals surface area contributed by atoms with Gasteiger partial charge in [-0.05, 0) is 18.3 Å². The molecule has 21 heavy (non-hydrogen) atoms. The minimum atomic E-state index is 0.333. The molecule has 2 aromatic rings. The maximum Gasteiger partial charge on any atom is 0.258 e. The van der Waals surface area contributed by atoms with Gasteiger partial charge in [-0.1, -0.05) is 19.8 Å². The summed E-state index contributed by atoms with van der Waals surface area (Å²) in [5, 5.41) is 10.3. The zero-order valence-electron chi connectivity index (χ0n) is 12.4. The number of nitrogens with zero attached hydrogens (tertiary/aromatic N) is 6. The van der Waals surface area contributed by atoms with Gasteiger partial charge in [0.1, 0.15) is 12.7 Å². The Morgan fingerprint density at radius 3 is 2.62 bits per heavy atom. The van der Waals surface area contributed by atoms with E-state index in [0.29, 0.717) is 23.3 Å². The van der Waals surface area contributed by atoms with E-state index >= 15 is 0 Å². The third-order valence-corrected chi connectivity index (χ3v) is 3.95. The van der Waals surface area contributed by atoms with Crippen LogP contribution in [0.25, 0.3) is 5.95 Å². The molecule has 1 aliphatic carbocycles. The third-order valence-electron chi connectivity index (χ3n) is 3.95. The molecule has 0 aromatic carbocycles. The largest absolute Gasteiger partial charge is 0.357 e. The lowest BCUT2D eigenvalue weighted by Crippen LogP contribution is -2.24. The first-order valence-corrected chi connectivity index (χ1v) is 7.21. The number of anilines is 2. The molecule has 1 aliphatic rings. The van der Waals surface area contributed by atoms with Crippen molar-refractivity contribution < 1.29 is 0 Å². The Morgan fingerprint density at radius 2 is 1.95 bits per heavy atom. The van der Waals surface area contributed by atoms with E-state index in [2.05, 4.69) is 42.6 Å². The predicted molar refractivity (Wildman–Crippen MR) is 79.4 cm³/mol. The molecule has 1 saturated carbocycles. The first kappa shape index (κ1) is 13.7. The van der Waals surface area contributed by atoms with Gasteiger partial charge in [-0.15, -0.1) is 0 Å². The molecule has 0 saturated heterocycles. The first-order valence-electron chi connectivity index (χ1n) is 7.21. The number of aromatic nitrogens is 6. The van der Waals surface area contributed by atoms with Crippen LogP contribution in [0.2, 0.25) is 0 Å². The quantitative estimate of drug-likeness (QED) is 0.860. The maximum absolute atomic E-state index is 4.40. The first-order chi connectivity index (χ1) is 10.2. The van der Waals surface area contributed by atoms with E-state index in [1.807, 2.05) is 0 Å². The Labute approximate surface area is 123 Å². The van der Waals surface area contributed by atoms with E-state index in [1.54, 1.807) is 13.4 Å². The van der Waals surface area contributed by atoms with Crippen LogP contribution in [-0.2, 0) is 0 Å². The van der Waals surface area contributed by atoms with Gasteiger partial charge >= 0.3 is 0 Å². The van der Waals surface area contributed by atoms with Crippen molar-refractivity contribution in [1.29, 1.82) is 0 Å². The Balaban J connectivity index is 1.79. The fraction of sp³-hybridized carbons (Fsp3) is 0.615. The number of hydrogen-bond acceptors (Lipinski definition) is 7. The summed E-state index contributed by atoms with van der Waals surface area (Å²) in [6.07, 6.45) is 8.13. The SMILES string of the molecule is CNc1nc(NCC2(C)CCCC2)nc(-n2cncn2)n1. The van der Waals surface area contributed by atoms with Crippen LogP contribution in [0, 0.1) is 5.41 Å². The van der Waals surface area contributed by atoms with E-state index in [-0.39, 0.29) is 0 Å². The molecule has 3 rings (SSSR count). The summed E-state index contributed by atoms with van der Waals surface area (Å²) in [5.74, 6) is 1.52. The van der Waals surface area contributed by atoms with Crippen LogP contribution in [0.5, 0.6) is 0 Å². The molecular weight excluding hydrogens is 268 g/mol. The molecule has 0 aliphatic heterocycles. The number of hydrogen-bond donors (Lipinski definition) is 2. The summed E-state index contributed by atoms with van der Waals surface area (Å²) in [5.41, 5.74) is 0.333. The van der Waals surface area contributed by atoms with Gasteiger partial charge < -0.3 is 10.6 Å². The fourth-order valence-corrected chi connectivity index (χ4v) is 2.67. The topological polar surface area (TPSA) is 93.4 Å². The van der Waals surface area contributed by atoms with Crippen molar-refractivity contribution in [2.75, 3.05) is 24.2 Å². The molecule has 2 N–H and O–H groups in total. The lowest BCUT2D eigenvalue weighted by atomic mass is 9.89. The highest BCUT2D eigenvalue weighted by atomic mass is 15.4. The molecule has 0 amide bonds. The summed E-state index contributed by atoms with van der Waals surface area (Å²) in [6, 6.07) is 0. The smallest absolute Gasteiger partial charge is 0.258 e. The summed E-state index contributed by atoms with van der Waals surface area (Å²) in [4.78, 5) is 16.9. The second-order valence-corrected chi connectivity index (χ2v) is 5.74. The molecule has 0 spiro atoms. The standard InChI is InChI=1S/C13H20N8/c1-13(5-3-4-6-13)7-16-11-18-10(14-2)19-12(20-11)21-9-15-8-17-21/h8-9H,3-7H2,1-2H3,(H2,14,16,18,19,20). The summed E-state index contributed by atoms with van der Waals surface area (Å²) < 4.78 is 1.52. The molecule has 0 radical (unpaired) electrons. The molecule has 8 nitrogen and oxygen atoms in total. The van der Waals surface area contributed by atoms with Crippen LogP contribution in [0.3, 0.4) is 0 Å². The Bertz CT molecular complexity index is 588. The van der Waals surface area contributed by atoms with E-state index in [4.69, 9.17) is 0 Å². The van der Waals surface area contributed by atoms with E-state index < -0.39 is 0 Å². The lowest BCUT2D eigenvalue weighted by molar-refractivity contribution is 0.361. The predicted octanol–water partition coefficient (Wildman–Crippen LogP) is 1.49. The highest BCUT2D eigenvalue weighted by molar-refractivity contribution is 5.37. The normalized spacial score (nSPS) is 16.9. The van der Waals surface area contributed by atoms with Gasteiger partial charge in [0.15, 0.2) is 0 Å². The van der Waals surface area contributed by atoms with Gasteiger partial charge in [0.2, 0.25) is 11.9 Å². The van der Waals surface area contributed by atoms with Crippen LogP contribution < -0.4 is 10.6 Å². The van der Waals surface area contributed by atoms with Crippen molar-refractivity contribution in [3.63, 3.8) is 0 Å². The summed E-state index contributed by atoms with van der Waals surface area (Å²) in [6.45, 7) is 3.18. The Kier molecular flexibility index (Phi) is 3.68. The van der Waals surface area contributed by atoms with Crippen LogP contribution >= 0.6 is 0 Å². The van der Waals surface area contributed by atoms with E-state index in [0.717, 1.165) is 6.54 Å². The lowest BCUT2D eigenvalue weighted by Gasteiger charge is -2.23.